The molecule has 0 aliphatic heterocycles. The SMILES string of the molecule is CCNc1nc(Sc2ccc(Br)cc2)nc(N(C)C)n1. The first-order valence-electron chi connectivity index (χ1n) is 6.19. The lowest BCUT2D eigenvalue weighted by atomic mass is 10.4. The largest absolute Gasteiger partial charge is 0.354 e. The number of hydrogen-bond acceptors (Lipinski definition) is 6. The van der Waals surface area contributed by atoms with E-state index >= 15 is 0 Å². The molecule has 0 bridgehead atoms. The third-order valence-corrected chi connectivity index (χ3v) is 3.76. The maximum atomic E-state index is 4.45. The van der Waals surface area contributed by atoms with Crippen LogP contribution in [0, 0.1) is 0 Å². The second kappa shape index (κ2) is 6.90. The molecule has 0 saturated heterocycles. The van der Waals surface area contributed by atoms with Gasteiger partial charge in [0.25, 0.3) is 0 Å². The fraction of sp³-hybridized carbons (Fsp3) is 0.308. The Morgan fingerprint density at radius 3 is 2.45 bits per heavy atom. The van der Waals surface area contributed by atoms with Crippen LogP contribution in [0.25, 0.3) is 0 Å². The number of rotatable bonds is 5. The Hall–Kier alpha value is -1.34. The molecule has 0 unspecified atom stereocenters. The van der Waals surface area contributed by atoms with E-state index in [2.05, 4.69) is 36.2 Å². The maximum absolute atomic E-state index is 4.45. The molecule has 0 saturated carbocycles. The highest BCUT2D eigenvalue weighted by Crippen LogP contribution is 2.27. The van der Waals surface area contributed by atoms with Crippen LogP contribution >= 0.6 is 27.7 Å². The Kier molecular flexibility index (Phi) is 5.19. The molecule has 0 radical (unpaired) electrons. The molecule has 1 N–H and O–H groups in total. The summed E-state index contributed by atoms with van der Waals surface area (Å²) in [5.41, 5.74) is 0. The molecule has 0 fully saturated rings. The zero-order valence-corrected chi connectivity index (χ0v) is 14.0. The minimum atomic E-state index is 0.603. The lowest BCUT2D eigenvalue weighted by Gasteiger charge is -2.12. The van der Waals surface area contributed by atoms with E-state index < -0.39 is 0 Å². The molecule has 1 heterocycles. The van der Waals surface area contributed by atoms with E-state index in [9.17, 15) is 0 Å². The predicted octanol–water partition coefficient (Wildman–Crippen LogP) is 3.28. The smallest absolute Gasteiger partial charge is 0.230 e. The van der Waals surface area contributed by atoms with Crippen molar-refractivity contribution < 1.29 is 0 Å². The van der Waals surface area contributed by atoms with Crippen molar-refractivity contribution >= 4 is 39.6 Å². The van der Waals surface area contributed by atoms with Gasteiger partial charge in [-0.25, -0.2) is 0 Å². The highest BCUT2D eigenvalue weighted by atomic mass is 79.9. The molecule has 0 amide bonds. The average molecular weight is 354 g/mol. The van der Waals surface area contributed by atoms with E-state index in [4.69, 9.17) is 0 Å². The molecule has 2 aromatic rings. The van der Waals surface area contributed by atoms with Crippen LogP contribution in [-0.2, 0) is 0 Å². The van der Waals surface area contributed by atoms with Gasteiger partial charge in [-0.3, -0.25) is 0 Å². The van der Waals surface area contributed by atoms with Crippen molar-refractivity contribution in [1.82, 2.24) is 15.0 Å². The summed E-state index contributed by atoms with van der Waals surface area (Å²) in [6.45, 7) is 2.79. The number of benzene rings is 1. The van der Waals surface area contributed by atoms with Gasteiger partial charge in [0.1, 0.15) is 0 Å². The first-order valence-corrected chi connectivity index (χ1v) is 7.80. The molecular weight excluding hydrogens is 338 g/mol. The zero-order chi connectivity index (χ0) is 14.5. The molecule has 0 atom stereocenters. The van der Waals surface area contributed by atoms with Gasteiger partial charge in [-0.15, -0.1) is 0 Å². The highest BCUT2D eigenvalue weighted by Gasteiger charge is 2.09. The van der Waals surface area contributed by atoms with Crippen LogP contribution < -0.4 is 10.2 Å². The summed E-state index contributed by atoms with van der Waals surface area (Å²) in [6, 6.07) is 8.06. The van der Waals surface area contributed by atoms with Crippen molar-refractivity contribution in [3.05, 3.63) is 28.7 Å². The second-order valence-corrected chi connectivity index (χ2v) is 6.18. The quantitative estimate of drug-likeness (QED) is 0.889. The summed E-state index contributed by atoms with van der Waals surface area (Å²) >= 11 is 4.94. The van der Waals surface area contributed by atoms with Gasteiger partial charge in [0.2, 0.25) is 11.9 Å². The molecule has 0 aliphatic rings. The van der Waals surface area contributed by atoms with Crippen molar-refractivity contribution in [3.8, 4) is 0 Å². The molecule has 5 nitrogen and oxygen atoms in total. The van der Waals surface area contributed by atoms with Crippen molar-refractivity contribution in [1.29, 1.82) is 0 Å². The number of halogens is 1. The monoisotopic (exact) mass is 353 g/mol. The van der Waals surface area contributed by atoms with E-state index in [-0.39, 0.29) is 0 Å². The topological polar surface area (TPSA) is 53.9 Å². The van der Waals surface area contributed by atoms with E-state index in [1.165, 1.54) is 11.8 Å². The molecule has 0 spiro atoms. The number of nitrogens with one attached hydrogen (secondary N) is 1. The molecule has 20 heavy (non-hydrogen) atoms. The van der Waals surface area contributed by atoms with E-state index in [0.29, 0.717) is 17.1 Å². The van der Waals surface area contributed by atoms with Gasteiger partial charge in [0.05, 0.1) is 0 Å². The minimum Gasteiger partial charge on any atom is -0.354 e. The molecule has 7 heteroatoms. The summed E-state index contributed by atoms with van der Waals surface area (Å²) in [6.07, 6.45) is 0. The lowest BCUT2D eigenvalue weighted by Crippen LogP contribution is -2.15. The standard InChI is InChI=1S/C13H16BrN5S/c1-4-15-11-16-12(19(2)3)18-13(17-11)20-10-7-5-9(14)6-8-10/h5-8H,4H2,1-3H3,(H,15,16,17,18). The first-order chi connectivity index (χ1) is 9.58. The molecular formula is C13H16BrN5S. The van der Waals surface area contributed by atoms with Gasteiger partial charge in [0, 0.05) is 30.0 Å². The van der Waals surface area contributed by atoms with Gasteiger partial charge in [-0.05, 0) is 43.0 Å². The van der Waals surface area contributed by atoms with Gasteiger partial charge >= 0.3 is 0 Å². The fourth-order valence-corrected chi connectivity index (χ4v) is 2.44. The summed E-state index contributed by atoms with van der Waals surface area (Å²) in [5, 5.41) is 3.81. The Balaban J connectivity index is 2.27. The normalized spacial score (nSPS) is 10.4. The summed E-state index contributed by atoms with van der Waals surface area (Å²) in [4.78, 5) is 16.2. The molecule has 2 rings (SSSR count). The molecule has 0 aliphatic carbocycles. The van der Waals surface area contributed by atoms with Gasteiger partial charge < -0.3 is 10.2 Å². The Morgan fingerprint density at radius 1 is 1.15 bits per heavy atom. The minimum absolute atomic E-state index is 0.603. The van der Waals surface area contributed by atoms with Crippen LogP contribution in [0.3, 0.4) is 0 Å². The van der Waals surface area contributed by atoms with Crippen molar-refractivity contribution in [2.75, 3.05) is 30.9 Å². The number of aromatic nitrogens is 3. The highest BCUT2D eigenvalue weighted by molar-refractivity contribution is 9.10. The van der Waals surface area contributed by atoms with Crippen LogP contribution in [0.1, 0.15) is 6.92 Å². The van der Waals surface area contributed by atoms with Crippen LogP contribution in [0.4, 0.5) is 11.9 Å². The lowest BCUT2D eigenvalue weighted by molar-refractivity contribution is 0.864. The van der Waals surface area contributed by atoms with E-state index in [1.807, 2.05) is 50.2 Å². The molecule has 1 aromatic heterocycles. The van der Waals surface area contributed by atoms with Crippen LogP contribution in [0.2, 0.25) is 0 Å². The predicted molar refractivity (Wildman–Crippen MR) is 86.6 cm³/mol. The number of nitrogens with zero attached hydrogens (tertiary/aromatic N) is 4. The van der Waals surface area contributed by atoms with Crippen LogP contribution in [0.15, 0.2) is 38.8 Å². The van der Waals surface area contributed by atoms with Crippen LogP contribution in [0.5, 0.6) is 0 Å². The Morgan fingerprint density at radius 2 is 1.85 bits per heavy atom. The van der Waals surface area contributed by atoms with Crippen molar-refractivity contribution in [2.24, 2.45) is 0 Å². The maximum Gasteiger partial charge on any atom is 0.230 e. The Labute approximate surface area is 131 Å². The Bertz CT molecular complexity index is 573. The van der Waals surface area contributed by atoms with Gasteiger partial charge in [-0.2, -0.15) is 15.0 Å². The van der Waals surface area contributed by atoms with Gasteiger partial charge in [0.15, 0.2) is 5.16 Å². The third kappa shape index (κ3) is 4.08. The summed E-state index contributed by atoms with van der Waals surface area (Å²) < 4.78 is 1.06. The van der Waals surface area contributed by atoms with Gasteiger partial charge in [-0.1, -0.05) is 15.9 Å². The fourth-order valence-electron chi connectivity index (χ4n) is 1.44. The molecule has 106 valence electrons. The second-order valence-electron chi connectivity index (χ2n) is 4.22. The summed E-state index contributed by atoms with van der Waals surface area (Å²) in [5.74, 6) is 1.25. The number of hydrogen-bond donors (Lipinski definition) is 1. The van der Waals surface area contributed by atoms with Crippen LogP contribution in [-0.4, -0.2) is 35.6 Å². The van der Waals surface area contributed by atoms with Crippen molar-refractivity contribution in [3.63, 3.8) is 0 Å². The zero-order valence-electron chi connectivity index (χ0n) is 11.6. The molecule has 1 aromatic carbocycles. The van der Waals surface area contributed by atoms with Crippen molar-refractivity contribution in [2.45, 2.75) is 17.0 Å². The van der Waals surface area contributed by atoms with E-state index in [0.717, 1.165) is 15.9 Å². The average Bonchev–Trinajstić information content (AvgIpc) is 2.41. The van der Waals surface area contributed by atoms with E-state index in [1.54, 1.807) is 0 Å². The third-order valence-electron chi connectivity index (χ3n) is 2.36. The summed E-state index contributed by atoms with van der Waals surface area (Å²) in [7, 11) is 3.83. The first kappa shape index (κ1) is 15.1. The number of anilines is 2.